The lowest BCUT2D eigenvalue weighted by atomic mass is 9.97. The van der Waals surface area contributed by atoms with Gasteiger partial charge in [-0.15, -0.1) is 0 Å². The first-order chi connectivity index (χ1) is 8.59. The first-order valence-corrected chi connectivity index (χ1v) is 6.14. The molecule has 0 bridgehead atoms. The standard InChI is InChI=1S/C13H16N4O/c1-8-4-3-7-15-10(8)11-16-12(18-17-11)13(2,14)9-5-6-9/h3-4,7,9H,5-6,14H2,1-2H3. The third-order valence-electron chi connectivity index (χ3n) is 3.53. The fourth-order valence-corrected chi connectivity index (χ4v) is 2.12. The molecular formula is C13H16N4O. The minimum absolute atomic E-state index is 0.454. The lowest BCUT2D eigenvalue weighted by Crippen LogP contribution is -2.35. The van der Waals surface area contributed by atoms with Crippen LogP contribution in [0.5, 0.6) is 0 Å². The van der Waals surface area contributed by atoms with Gasteiger partial charge in [0.25, 0.3) is 0 Å². The number of pyridine rings is 1. The van der Waals surface area contributed by atoms with Crippen LogP contribution in [0.25, 0.3) is 11.5 Å². The third-order valence-corrected chi connectivity index (χ3v) is 3.53. The molecule has 5 heteroatoms. The maximum Gasteiger partial charge on any atom is 0.247 e. The number of hydrogen-bond acceptors (Lipinski definition) is 5. The summed E-state index contributed by atoms with van der Waals surface area (Å²) in [5, 5.41) is 4.00. The van der Waals surface area contributed by atoms with E-state index in [0.29, 0.717) is 17.6 Å². The molecule has 1 aliphatic carbocycles. The second-order valence-corrected chi connectivity index (χ2v) is 5.15. The largest absolute Gasteiger partial charge is 0.337 e. The average molecular weight is 244 g/mol. The zero-order valence-electron chi connectivity index (χ0n) is 10.6. The smallest absolute Gasteiger partial charge is 0.247 e. The van der Waals surface area contributed by atoms with Gasteiger partial charge in [0.05, 0.1) is 5.54 Å². The van der Waals surface area contributed by atoms with Gasteiger partial charge in [0, 0.05) is 6.20 Å². The van der Waals surface area contributed by atoms with E-state index in [9.17, 15) is 0 Å². The molecule has 0 aliphatic heterocycles. The van der Waals surface area contributed by atoms with Gasteiger partial charge in [0.2, 0.25) is 11.7 Å². The van der Waals surface area contributed by atoms with Gasteiger partial charge in [0.1, 0.15) is 5.69 Å². The molecule has 1 fully saturated rings. The molecule has 1 saturated carbocycles. The maximum absolute atomic E-state index is 6.26. The Labute approximate surface area is 105 Å². The predicted molar refractivity (Wildman–Crippen MR) is 66.5 cm³/mol. The van der Waals surface area contributed by atoms with E-state index in [1.54, 1.807) is 6.20 Å². The number of aromatic nitrogens is 3. The molecule has 0 spiro atoms. The molecule has 2 N–H and O–H groups in total. The monoisotopic (exact) mass is 244 g/mol. The zero-order valence-corrected chi connectivity index (χ0v) is 10.6. The molecule has 0 aromatic carbocycles. The maximum atomic E-state index is 6.26. The summed E-state index contributed by atoms with van der Waals surface area (Å²) in [5.41, 5.74) is 7.51. The highest BCUT2D eigenvalue weighted by atomic mass is 16.5. The van der Waals surface area contributed by atoms with E-state index in [2.05, 4.69) is 15.1 Å². The van der Waals surface area contributed by atoms with Crippen molar-refractivity contribution in [1.29, 1.82) is 0 Å². The summed E-state index contributed by atoms with van der Waals surface area (Å²) in [4.78, 5) is 8.69. The minimum Gasteiger partial charge on any atom is -0.337 e. The van der Waals surface area contributed by atoms with Gasteiger partial charge in [-0.05, 0) is 44.2 Å². The molecule has 2 aromatic rings. The fraction of sp³-hybridized carbons (Fsp3) is 0.462. The number of aryl methyl sites for hydroxylation is 1. The van der Waals surface area contributed by atoms with Crippen LogP contribution in [0.15, 0.2) is 22.9 Å². The average Bonchev–Trinajstić information content (AvgIpc) is 3.09. The van der Waals surface area contributed by atoms with Crippen molar-refractivity contribution in [1.82, 2.24) is 15.1 Å². The quantitative estimate of drug-likeness (QED) is 0.893. The van der Waals surface area contributed by atoms with E-state index in [1.807, 2.05) is 26.0 Å². The first kappa shape index (κ1) is 11.3. The van der Waals surface area contributed by atoms with Gasteiger partial charge in [-0.3, -0.25) is 4.98 Å². The van der Waals surface area contributed by atoms with Crippen LogP contribution in [0.4, 0.5) is 0 Å². The Morgan fingerprint density at radius 3 is 2.89 bits per heavy atom. The lowest BCUT2D eigenvalue weighted by Gasteiger charge is -2.18. The molecule has 3 rings (SSSR count). The number of hydrogen-bond donors (Lipinski definition) is 1. The molecule has 94 valence electrons. The first-order valence-electron chi connectivity index (χ1n) is 6.14. The van der Waals surface area contributed by atoms with Gasteiger partial charge >= 0.3 is 0 Å². The fourth-order valence-electron chi connectivity index (χ4n) is 2.12. The number of nitrogens with zero attached hydrogens (tertiary/aromatic N) is 3. The van der Waals surface area contributed by atoms with E-state index in [0.717, 1.165) is 24.1 Å². The SMILES string of the molecule is Cc1cccnc1-c1noc(C(C)(N)C2CC2)n1. The normalized spacial score (nSPS) is 18.6. The second-order valence-electron chi connectivity index (χ2n) is 5.15. The predicted octanol–water partition coefficient (Wildman–Crippen LogP) is 2.02. The van der Waals surface area contributed by atoms with Crippen LogP contribution in [0.2, 0.25) is 0 Å². The van der Waals surface area contributed by atoms with E-state index in [1.165, 1.54) is 0 Å². The molecule has 2 aromatic heterocycles. The number of rotatable bonds is 3. The van der Waals surface area contributed by atoms with Crippen LogP contribution in [-0.4, -0.2) is 15.1 Å². The van der Waals surface area contributed by atoms with Gasteiger partial charge in [-0.25, -0.2) is 0 Å². The Morgan fingerprint density at radius 1 is 1.44 bits per heavy atom. The third kappa shape index (κ3) is 1.80. The minimum atomic E-state index is -0.520. The van der Waals surface area contributed by atoms with Crippen molar-refractivity contribution in [3.8, 4) is 11.5 Å². The van der Waals surface area contributed by atoms with Crippen LogP contribution in [0.1, 0.15) is 31.2 Å². The highest BCUT2D eigenvalue weighted by Gasteiger charge is 2.44. The summed E-state index contributed by atoms with van der Waals surface area (Å²) in [6.07, 6.45) is 3.99. The molecular weight excluding hydrogens is 228 g/mol. The van der Waals surface area contributed by atoms with Gasteiger partial charge in [-0.2, -0.15) is 4.98 Å². The Balaban J connectivity index is 1.97. The molecule has 5 nitrogen and oxygen atoms in total. The van der Waals surface area contributed by atoms with Crippen molar-refractivity contribution in [3.63, 3.8) is 0 Å². The van der Waals surface area contributed by atoms with Crippen molar-refractivity contribution in [2.45, 2.75) is 32.2 Å². The molecule has 0 saturated heterocycles. The summed E-state index contributed by atoms with van der Waals surface area (Å²) < 4.78 is 5.31. The molecule has 1 atom stereocenters. The van der Waals surface area contributed by atoms with Crippen LogP contribution in [-0.2, 0) is 5.54 Å². The van der Waals surface area contributed by atoms with Crippen molar-refractivity contribution in [2.75, 3.05) is 0 Å². The van der Waals surface area contributed by atoms with Gasteiger partial charge in [0.15, 0.2) is 0 Å². The Morgan fingerprint density at radius 2 is 2.22 bits per heavy atom. The van der Waals surface area contributed by atoms with Crippen LogP contribution in [0.3, 0.4) is 0 Å². The zero-order chi connectivity index (χ0) is 12.8. The molecule has 1 aliphatic rings. The second kappa shape index (κ2) is 3.88. The van der Waals surface area contributed by atoms with Crippen molar-refractivity contribution >= 4 is 0 Å². The number of nitrogens with two attached hydrogens (primary N) is 1. The summed E-state index contributed by atoms with van der Waals surface area (Å²) in [6, 6.07) is 3.86. The highest BCUT2D eigenvalue weighted by molar-refractivity contribution is 5.53. The lowest BCUT2D eigenvalue weighted by molar-refractivity contribution is 0.273. The summed E-state index contributed by atoms with van der Waals surface area (Å²) >= 11 is 0. The van der Waals surface area contributed by atoms with Crippen molar-refractivity contribution < 1.29 is 4.52 Å². The highest BCUT2D eigenvalue weighted by Crippen LogP contribution is 2.43. The topological polar surface area (TPSA) is 77.8 Å². The molecule has 2 heterocycles. The summed E-state index contributed by atoms with van der Waals surface area (Å²) in [7, 11) is 0. The van der Waals surface area contributed by atoms with Gasteiger partial charge < -0.3 is 10.3 Å². The Hall–Kier alpha value is -1.75. The molecule has 0 amide bonds. The van der Waals surface area contributed by atoms with Crippen molar-refractivity contribution in [3.05, 3.63) is 29.8 Å². The summed E-state index contributed by atoms with van der Waals surface area (Å²) in [5.74, 6) is 1.47. The van der Waals surface area contributed by atoms with Crippen LogP contribution < -0.4 is 5.73 Å². The van der Waals surface area contributed by atoms with Gasteiger partial charge in [-0.1, -0.05) is 11.2 Å². The van der Waals surface area contributed by atoms with E-state index >= 15 is 0 Å². The summed E-state index contributed by atoms with van der Waals surface area (Å²) in [6.45, 7) is 3.92. The van der Waals surface area contributed by atoms with Crippen molar-refractivity contribution in [2.24, 2.45) is 11.7 Å². The Kier molecular flexibility index (Phi) is 2.45. The Bertz CT molecular complexity index is 572. The van der Waals surface area contributed by atoms with Crippen LogP contribution in [0, 0.1) is 12.8 Å². The van der Waals surface area contributed by atoms with E-state index < -0.39 is 5.54 Å². The molecule has 0 radical (unpaired) electrons. The molecule has 1 unspecified atom stereocenters. The van der Waals surface area contributed by atoms with E-state index in [-0.39, 0.29) is 0 Å². The molecule has 18 heavy (non-hydrogen) atoms. The van der Waals surface area contributed by atoms with E-state index in [4.69, 9.17) is 10.3 Å². The van der Waals surface area contributed by atoms with Crippen LogP contribution >= 0.6 is 0 Å².